The predicted octanol–water partition coefficient (Wildman–Crippen LogP) is 2.65. The Bertz CT molecular complexity index is 758. The second-order valence-corrected chi connectivity index (χ2v) is 6.21. The first-order valence-corrected chi connectivity index (χ1v) is 8.42. The number of anilines is 1. The first-order chi connectivity index (χ1) is 11.4. The highest BCUT2D eigenvalue weighted by Crippen LogP contribution is 2.21. The Hall–Kier alpha value is -2.35. The maximum absolute atomic E-state index is 12.0. The van der Waals surface area contributed by atoms with Crippen LogP contribution in [0.15, 0.2) is 16.7 Å². The highest BCUT2D eigenvalue weighted by molar-refractivity contribution is 7.99. The molecular formula is C16H19N3O4S. The number of carbonyl (C=O) groups is 2. The zero-order valence-corrected chi connectivity index (χ0v) is 14.8. The number of benzene rings is 1. The SMILES string of the molecule is COC(=O)c1cc(NC(=O)CSCc2noc(C)n2)cc(C)c1C. The number of methoxy groups -OCH3 is 1. The van der Waals surface area contributed by atoms with Gasteiger partial charge in [-0.3, -0.25) is 4.79 Å². The minimum absolute atomic E-state index is 0.167. The molecule has 0 saturated carbocycles. The zero-order valence-electron chi connectivity index (χ0n) is 14.0. The van der Waals surface area contributed by atoms with Gasteiger partial charge < -0.3 is 14.6 Å². The number of aryl methyl sites for hydroxylation is 2. The zero-order chi connectivity index (χ0) is 17.7. The monoisotopic (exact) mass is 349 g/mol. The number of aromatic nitrogens is 2. The van der Waals surface area contributed by atoms with Crippen molar-refractivity contribution >= 4 is 29.3 Å². The Morgan fingerprint density at radius 3 is 2.67 bits per heavy atom. The molecule has 0 fully saturated rings. The van der Waals surface area contributed by atoms with E-state index in [4.69, 9.17) is 9.26 Å². The standard InChI is InChI=1S/C16H19N3O4S/c1-9-5-12(6-13(10(9)2)16(21)22-4)18-15(20)8-24-7-14-17-11(3)23-19-14/h5-6H,7-8H2,1-4H3,(H,18,20). The van der Waals surface area contributed by atoms with Gasteiger partial charge in [-0.1, -0.05) is 5.16 Å². The van der Waals surface area contributed by atoms with Gasteiger partial charge in [-0.15, -0.1) is 11.8 Å². The van der Waals surface area contributed by atoms with Crippen LogP contribution in [0.25, 0.3) is 0 Å². The summed E-state index contributed by atoms with van der Waals surface area (Å²) in [6.45, 7) is 5.44. The lowest BCUT2D eigenvalue weighted by atomic mass is 10.0. The third-order valence-electron chi connectivity index (χ3n) is 3.39. The molecule has 0 atom stereocenters. The van der Waals surface area contributed by atoms with E-state index in [2.05, 4.69) is 15.5 Å². The first kappa shape index (κ1) is 18.0. The molecule has 2 aromatic rings. The van der Waals surface area contributed by atoms with Crippen molar-refractivity contribution in [3.05, 3.63) is 40.5 Å². The fraction of sp³-hybridized carbons (Fsp3) is 0.375. The molecule has 0 aliphatic heterocycles. The van der Waals surface area contributed by atoms with Crippen LogP contribution in [0.1, 0.15) is 33.2 Å². The summed E-state index contributed by atoms with van der Waals surface area (Å²) >= 11 is 1.38. The van der Waals surface area contributed by atoms with Gasteiger partial charge >= 0.3 is 5.97 Å². The summed E-state index contributed by atoms with van der Waals surface area (Å²) in [6, 6.07) is 3.45. The van der Waals surface area contributed by atoms with Crippen molar-refractivity contribution in [2.45, 2.75) is 26.5 Å². The number of carbonyl (C=O) groups excluding carboxylic acids is 2. The molecule has 0 aliphatic rings. The van der Waals surface area contributed by atoms with E-state index in [-0.39, 0.29) is 11.7 Å². The van der Waals surface area contributed by atoms with Gasteiger partial charge in [-0.05, 0) is 37.1 Å². The van der Waals surface area contributed by atoms with Crippen molar-refractivity contribution in [3.8, 4) is 0 Å². The molecule has 1 N–H and O–H groups in total. The average molecular weight is 349 g/mol. The molecule has 0 unspecified atom stereocenters. The Labute approximate surface area is 144 Å². The van der Waals surface area contributed by atoms with Crippen LogP contribution < -0.4 is 5.32 Å². The predicted molar refractivity (Wildman–Crippen MR) is 91.1 cm³/mol. The minimum Gasteiger partial charge on any atom is -0.465 e. The summed E-state index contributed by atoms with van der Waals surface area (Å²) < 4.78 is 9.64. The van der Waals surface area contributed by atoms with Crippen LogP contribution in [-0.2, 0) is 15.3 Å². The van der Waals surface area contributed by atoms with E-state index >= 15 is 0 Å². The molecule has 24 heavy (non-hydrogen) atoms. The number of ether oxygens (including phenoxy) is 1. The summed E-state index contributed by atoms with van der Waals surface area (Å²) in [5, 5.41) is 6.56. The summed E-state index contributed by atoms with van der Waals surface area (Å²) in [5.41, 5.74) is 2.76. The van der Waals surface area contributed by atoms with Crippen molar-refractivity contribution in [3.63, 3.8) is 0 Å². The van der Waals surface area contributed by atoms with E-state index < -0.39 is 5.97 Å². The summed E-state index contributed by atoms with van der Waals surface area (Å²) in [4.78, 5) is 27.9. The van der Waals surface area contributed by atoms with Crippen molar-refractivity contribution in [1.82, 2.24) is 10.1 Å². The number of nitrogens with one attached hydrogen (secondary N) is 1. The van der Waals surface area contributed by atoms with Gasteiger partial charge in [0.2, 0.25) is 11.8 Å². The van der Waals surface area contributed by atoms with E-state index in [9.17, 15) is 9.59 Å². The number of amides is 1. The fourth-order valence-corrected chi connectivity index (χ4v) is 2.74. The smallest absolute Gasteiger partial charge is 0.338 e. The van der Waals surface area contributed by atoms with Gasteiger partial charge in [0, 0.05) is 12.6 Å². The van der Waals surface area contributed by atoms with Gasteiger partial charge in [0.05, 0.1) is 24.2 Å². The topological polar surface area (TPSA) is 94.3 Å². The minimum atomic E-state index is -0.423. The van der Waals surface area contributed by atoms with Crippen LogP contribution in [0.4, 0.5) is 5.69 Å². The molecule has 1 heterocycles. The van der Waals surface area contributed by atoms with Crippen molar-refractivity contribution in [2.24, 2.45) is 0 Å². The van der Waals surface area contributed by atoms with E-state index in [0.29, 0.717) is 28.7 Å². The molecule has 1 aromatic carbocycles. The molecule has 1 aromatic heterocycles. The van der Waals surface area contributed by atoms with Gasteiger partial charge in [-0.2, -0.15) is 4.98 Å². The summed E-state index contributed by atoms with van der Waals surface area (Å²) in [5.74, 6) is 1.21. The molecule has 7 nitrogen and oxygen atoms in total. The van der Waals surface area contributed by atoms with Crippen LogP contribution in [0.3, 0.4) is 0 Å². The molecule has 128 valence electrons. The number of rotatable bonds is 6. The third kappa shape index (κ3) is 4.58. The molecule has 0 aliphatic carbocycles. The lowest BCUT2D eigenvalue weighted by Gasteiger charge is -2.11. The van der Waals surface area contributed by atoms with Crippen LogP contribution >= 0.6 is 11.8 Å². The van der Waals surface area contributed by atoms with E-state index in [0.717, 1.165) is 11.1 Å². The Kier molecular flexibility index (Phi) is 5.97. The lowest BCUT2D eigenvalue weighted by molar-refractivity contribution is -0.113. The number of hydrogen-bond acceptors (Lipinski definition) is 7. The van der Waals surface area contributed by atoms with Crippen molar-refractivity contribution < 1.29 is 18.8 Å². The summed E-state index contributed by atoms with van der Waals surface area (Å²) in [7, 11) is 1.33. The molecule has 0 bridgehead atoms. The lowest BCUT2D eigenvalue weighted by Crippen LogP contribution is -2.15. The van der Waals surface area contributed by atoms with E-state index in [1.54, 1.807) is 13.0 Å². The van der Waals surface area contributed by atoms with Crippen molar-refractivity contribution in [1.29, 1.82) is 0 Å². The van der Waals surface area contributed by atoms with Crippen LogP contribution in [-0.4, -0.2) is 34.9 Å². The average Bonchev–Trinajstić information content (AvgIpc) is 2.95. The van der Waals surface area contributed by atoms with Crippen LogP contribution in [0.5, 0.6) is 0 Å². The molecule has 0 radical (unpaired) electrons. The molecule has 2 rings (SSSR count). The second-order valence-electron chi connectivity index (χ2n) is 5.23. The number of esters is 1. The Morgan fingerprint density at radius 1 is 1.29 bits per heavy atom. The van der Waals surface area contributed by atoms with Crippen LogP contribution in [0, 0.1) is 20.8 Å². The largest absolute Gasteiger partial charge is 0.465 e. The fourth-order valence-electron chi connectivity index (χ4n) is 2.09. The second kappa shape index (κ2) is 7.96. The van der Waals surface area contributed by atoms with E-state index in [1.165, 1.54) is 18.9 Å². The molecule has 1 amide bonds. The first-order valence-electron chi connectivity index (χ1n) is 7.27. The van der Waals surface area contributed by atoms with E-state index in [1.807, 2.05) is 19.9 Å². The highest BCUT2D eigenvalue weighted by Gasteiger charge is 2.14. The normalized spacial score (nSPS) is 10.5. The van der Waals surface area contributed by atoms with Crippen LogP contribution in [0.2, 0.25) is 0 Å². The maximum atomic E-state index is 12.0. The Morgan fingerprint density at radius 2 is 2.04 bits per heavy atom. The third-order valence-corrected chi connectivity index (χ3v) is 4.32. The quantitative estimate of drug-likeness (QED) is 0.801. The van der Waals surface area contributed by atoms with Crippen molar-refractivity contribution in [2.75, 3.05) is 18.2 Å². The molecular weight excluding hydrogens is 330 g/mol. The molecule has 0 spiro atoms. The Balaban J connectivity index is 1.96. The van der Waals surface area contributed by atoms with Gasteiger partial charge in [0.1, 0.15) is 0 Å². The van der Waals surface area contributed by atoms with Gasteiger partial charge in [-0.25, -0.2) is 4.79 Å². The maximum Gasteiger partial charge on any atom is 0.338 e. The van der Waals surface area contributed by atoms with Gasteiger partial charge in [0.25, 0.3) is 0 Å². The van der Waals surface area contributed by atoms with Gasteiger partial charge in [0.15, 0.2) is 5.82 Å². The number of nitrogens with zero attached hydrogens (tertiary/aromatic N) is 2. The number of hydrogen-bond donors (Lipinski definition) is 1. The summed E-state index contributed by atoms with van der Waals surface area (Å²) in [6.07, 6.45) is 0. The highest BCUT2D eigenvalue weighted by atomic mass is 32.2. The molecule has 0 saturated heterocycles. The number of thioether (sulfide) groups is 1. The molecule has 8 heteroatoms.